The van der Waals surface area contributed by atoms with Crippen molar-refractivity contribution in [3.05, 3.63) is 28.2 Å². The Hall–Kier alpha value is -1.98. The van der Waals surface area contributed by atoms with Gasteiger partial charge in [0.25, 0.3) is 5.91 Å². The molecule has 0 radical (unpaired) electrons. The van der Waals surface area contributed by atoms with Crippen molar-refractivity contribution in [3.8, 4) is 0 Å². The van der Waals surface area contributed by atoms with Crippen molar-refractivity contribution in [3.63, 3.8) is 0 Å². The molecular weight excluding hydrogens is 454 g/mol. The minimum absolute atomic E-state index is 0.0410. The van der Waals surface area contributed by atoms with Gasteiger partial charge >= 0.3 is 12.0 Å². The highest BCUT2D eigenvalue weighted by molar-refractivity contribution is 9.10. The van der Waals surface area contributed by atoms with Crippen molar-refractivity contribution >= 4 is 43.9 Å². The Morgan fingerprint density at radius 1 is 1.14 bits per heavy atom. The predicted octanol–water partition coefficient (Wildman–Crippen LogP) is 1.42. The number of carbonyl (C=O) groups excluding carboxylic acids is 3. The van der Waals surface area contributed by atoms with E-state index in [4.69, 9.17) is 4.74 Å². The third-order valence-electron chi connectivity index (χ3n) is 4.17. The Morgan fingerprint density at radius 2 is 1.79 bits per heavy atom. The van der Waals surface area contributed by atoms with Gasteiger partial charge in [-0.15, -0.1) is 0 Å². The van der Waals surface area contributed by atoms with Gasteiger partial charge in [0.2, 0.25) is 10.0 Å². The summed E-state index contributed by atoms with van der Waals surface area (Å²) in [5, 5.41) is 4.69. The van der Waals surface area contributed by atoms with Crippen molar-refractivity contribution in [2.75, 3.05) is 0 Å². The zero-order valence-corrected chi connectivity index (χ0v) is 17.4. The molecule has 3 rings (SSSR count). The summed E-state index contributed by atoms with van der Waals surface area (Å²) in [7, 11) is -3.75. The summed E-state index contributed by atoms with van der Waals surface area (Å²) in [4.78, 5) is 35.9. The first-order chi connectivity index (χ1) is 13.2. The SMILES string of the molecule is CC(OC(=O)c1cc(S(=O)(=O)NC2CC2)ccc1Br)C(=O)NC(=O)NC1CC1. The summed E-state index contributed by atoms with van der Waals surface area (Å²) in [5.41, 5.74) is -0.0410. The maximum Gasteiger partial charge on any atom is 0.340 e. The van der Waals surface area contributed by atoms with E-state index in [1.165, 1.54) is 25.1 Å². The topological polar surface area (TPSA) is 131 Å². The summed E-state index contributed by atoms with van der Waals surface area (Å²) in [6.07, 6.45) is 2.07. The van der Waals surface area contributed by atoms with Crippen LogP contribution in [-0.2, 0) is 19.6 Å². The van der Waals surface area contributed by atoms with Gasteiger partial charge in [-0.05, 0) is 66.7 Å². The molecule has 0 aromatic heterocycles. The molecule has 2 aliphatic rings. The summed E-state index contributed by atoms with van der Waals surface area (Å²) in [5.74, 6) is -1.66. The standard InChI is InChI=1S/C17H20BrN3O6S/c1-9(15(22)20-17(24)19-10-2-3-10)27-16(23)13-8-12(6-7-14(13)18)28(25,26)21-11-4-5-11/h6-11,21H,2-5H2,1H3,(H2,19,20,22,24). The van der Waals surface area contributed by atoms with Gasteiger partial charge in [-0.25, -0.2) is 22.7 Å². The number of imide groups is 1. The minimum Gasteiger partial charge on any atom is -0.449 e. The molecule has 11 heteroatoms. The highest BCUT2D eigenvalue weighted by atomic mass is 79.9. The molecule has 1 aromatic carbocycles. The van der Waals surface area contributed by atoms with E-state index in [1.807, 2.05) is 0 Å². The van der Waals surface area contributed by atoms with Crippen LogP contribution in [0.3, 0.4) is 0 Å². The number of rotatable bonds is 7. The Balaban J connectivity index is 1.64. The summed E-state index contributed by atoms with van der Waals surface area (Å²) < 4.78 is 32.6. The minimum atomic E-state index is -3.75. The molecule has 2 saturated carbocycles. The van der Waals surface area contributed by atoms with Crippen LogP contribution < -0.4 is 15.4 Å². The van der Waals surface area contributed by atoms with Crippen molar-refractivity contribution in [2.24, 2.45) is 0 Å². The Labute approximate surface area is 170 Å². The molecule has 0 heterocycles. The molecule has 2 aliphatic carbocycles. The first-order valence-electron chi connectivity index (χ1n) is 8.80. The second-order valence-corrected chi connectivity index (χ2v) is 9.39. The van der Waals surface area contributed by atoms with E-state index in [-0.39, 0.29) is 22.5 Å². The highest BCUT2D eigenvalue weighted by Crippen LogP contribution is 2.25. The van der Waals surface area contributed by atoms with Crippen molar-refractivity contribution in [2.45, 2.75) is 55.7 Å². The smallest absolute Gasteiger partial charge is 0.340 e. The molecule has 1 atom stereocenters. The van der Waals surface area contributed by atoms with Gasteiger partial charge in [-0.3, -0.25) is 10.1 Å². The molecule has 1 unspecified atom stereocenters. The molecule has 0 bridgehead atoms. The lowest BCUT2D eigenvalue weighted by Gasteiger charge is -2.14. The number of hydrogen-bond donors (Lipinski definition) is 3. The van der Waals surface area contributed by atoms with Crippen LogP contribution in [0.15, 0.2) is 27.6 Å². The molecule has 3 amide bonds. The fourth-order valence-electron chi connectivity index (χ4n) is 2.26. The monoisotopic (exact) mass is 473 g/mol. The lowest BCUT2D eigenvalue weighted by Crippen LogP contribution is -2.45. The van der Waals surface area contributed by atoms with Crippen LogP contribution >= 0.6 is 15.9 Å². The van der Waals surface area contributed by atoms with E-state index in [2.05, 4.69) is 31.3 Å². The number of hydrogen-bond acceptors (Lipinski definition) is 6. The summed E-state index contributed by atoms with van der Waals surface area (Å²) >= 11 is 3.18. The molecule has 9 nitrogen and oxygen atoms in total. The van der Waals surface area contributed by atoms with Crippen LogP contribution in [0.2, 0.25) is 0 Å². The maximum absolute atomic E-state index is 12.4. The number of amides is 3. The van der Waals surface area contributed by atoms with Gasteiger partial charge in [0.15, 0.2) is 6.10 Å². The Kier molecular flexibility index (Phi) is 6.06. The second kappa shape index (κ2) is 8.18. The lowest BCUT2D eigenvalue weighted by atomic mass is 10.2. The molecule has 0 spiro atoms. The quantitative estimate of drug-likeness (QED) is 0.513. The number of urea groups is 1. The van der Waals surface area contributed by atoms with Gasteiger partial charge in [0.05, 0.1) is 10.5 Å². The number of benzene rings is 1. The van der Waals surface area contributed by atoms with E-state index in [9.17, 15) is 22.8 Å². The zero-order chi connectivity index (χ0) is 20.5. The van der Waals surface area contributed by atoms with Gasteiger partial charge in [0, 0.05) is 16.6 Å². The van der Waals surface area contributed by atoms with Crippen LogP contribution in [0.5, 0.6) is 0 Å². The van der Waals surface area contributed by atoms with Crippen LogP contribution in [0.1, 0.15) is 43.0 Å². The summed E-state index contributed by atoms with van der Waals surface area (Å²) in [6, 6.07) is 3.33. The molecule has 2 fully saturated rings. The Morgan fingerprint density at radius 3 is 2.39 bits per heavy atom. The molecular formula is C17H20BrN3O6S. The molecule has 3 N–H and O–H groups in total. The number of ether oxygens (including phenoxy) is 1. The maximum atomic E-state index is 12.4. The molecule has 1 aromatic rings. The number of halogens is 1. The fourth-order valence-corrected chi connectivity index (χ4v) is 4.00. The van der Waals surface area contributed by atoms with Crippen molar-refractivity contribution in [1.82, 2.24) is 15.4 Å². The summed E-state index contributed by atoms with van der Waals surface area (Å²) in [6.45, 7) is 1.32. The van der Waals surface area contributed by atoms with E-state index in [1.54, 1.807) is 0 Å². The van der Waals surface area contributed by atoms with Crippen molar-refractivity contribution < 1.29 is 27.5 Å². The fraction of sp³-hybridized carbons (Fsp3) is 0.471. The van der Waals surface area contributed by atoms with Crippen LogP contribution in [0.4, 0.5) is 4.79 Å². The van der Waals surface area contributed by atoms with E-state index < -0.39 is 34.0 Å². The Bertz CT molecular complexity index is 911. The zero-order valence-electron chi connectivity index (χ0n) is 15.0. The van der Waals surface area contributed by atoms with Gasteiger partial charge in [0.1, 0.15) is 0 Å². The normalized spacial score (nSPS) is 17.5. The van der Waals surface area contributed by atoms with Crippen LogP contribution in [0.25, 0.3) is 0 Å². The van der Waals surface area contributed by atoms with E-state index in [0.29, 0.717) is 4.47 Å². The van der Waals surface area contributed by atoms with Crippen molar-refractivity contribution in [1.29, 1.82) is 0 Å². The lowest BCUT2D eigenvalue weighted by molar-refractivity contribution is -0.127. The number of esters is 1. The number of sulfonamides is 1. The molecule has 0 aliphatic heterocycles. The number of carbonyl (C=O) groups is 3. The first-order valence-corrected chi connectivity index (χ1v) is 11.1. The number of nitrogens with one attached hydrogen (secondary N) is 3. The second-order valence-electron chi connectivity index (χ2n) is 6.82. The van der Waals surface area contributed by atoms with Gasteiger partial charge < -0.3 is 10.1 Å². The first kappa shape index (κ1) is 20.7. The molecule has 152 valence electrons. The highest BCUT2D eigenvalue weighted by Gasteiger charge is 2.30. The van der Waals surface area contributed by atoms with Crippen LogP contribution in [-0.4, -0.2) is 44.5 Å². The van der Waals surface area contributed by atoms with Gasteiger partial charge in [-0.2, -0.15) is 0 Å². The average molecular weight is 474 g/mol. The molecule has 0 saturated heterocycles. The third-order valence-corrected chi connectivity index (χ3v) is 6.38. The van der Waals surface area contributed by atoms with E-state index >= 15 is 0 Å². The molecule has 28 heavy (non-hydrogen) atoms. The third kappa shape index (κ3) is 5.52. The average Bonchev–Trinajstić information content (AvgIpc) is 3.52. The van der Waals surface area contributed by atoms with Crippen LogP contribution in [0, 0.1) is 0 Å². The predicted molar refractivity (Wildman–Crippen MR) is 102 cm³/mol. The largest absolute Gasteiger partial charge is 0.449 e. The van der Waals surface area contributed by atoms with Gasteiger partial charge in [-0.1, -0.05) is 0 Å². The van der Waals surface area contributed by atoms with E-state index in [0.717, 1.165) is 25.7 Å².